The van der Waals surface area contributed by atoms with Crippen molar-refractivity contribution in [2.45, 2.75) is 12.1 Å². The average Bonchev–Trinajstić information content (AvgIpc) is 3.45. The van der Waals surface area contributed by atoms with Crippen LogP contribution < -0.4 is 5.43 Å². The summed E-state index contributed by atoms with van der Waals surface area (Å²) in [7, 11) is 0. The molecule has 0 spiro atoms. The van der Waals surface area contributed by atoms with Crippen molar-refractivity contribution in [1.82, 2.24) is 20.2 Å². The minimum Gasteiger partial charge on any atom is -0.455 e. The number of carbonyl (C=O) groups excluding carboxylic acids is 1. The van der Waals surface area contributed by atoms with Gasteiger partial charge in [0, 0.05) is 23.4 Å². The number of nitrogens with one attached hydrogen (secondary N) is 1. The van der Waals surface area contributed by atoms with Crippen LogP contribution in [0.1, 0.15) is 11.6 Å². The number of amides is 1. The van der Waals surface area contributed by atoms with Crippen molar-refractivity contribution < 1.29 is 14.1 Å². The molecule has 166 valence electrons. The van der Waals surface area contributed by atoms with Gasteiger partial charge in [-0.3, -0.25) is 19.5 Å². The van der Waals surface area contributed by atoms with Crippen LogP contribution in [0.25, 0.3) is 17.0 Å². The standard InChI is InChI=1S/C22H18N6O4S/c1-15-24-26-22(27(15)17-5-3-2-4-6-17)33-14-21(29)25-23-13-19-11-12-20(32-19)16-7-9-18(10-8-16)28(30)31/h2-13H,14H2,1H3,(H,25,29)/b23-13-. The number of nitro groups is 1. The number of thioether (sulfide) groups is 1. The molecule has 0 aliphatic rings. The molecule has 11 heteroatoms. The van der Waals surface area contributed by atoms with Crippen LogP contribution >= 0.6 is 11.8 Å². The number of nitrogens with zero attached hydrogens (tertiary/aromatic N) is 5. The lowest BCUT2D eigenvalue weighted by Gasteiger charge is -2.07. The molecule has 1 N–H and O–H groups in total. The van der Waals surface area contributed by atoms with Gasteiger partial charge in [0.05, 0.1) is 16.9 Å². The smallest absolute Gasteiger partial charge is 0.269 e. The second-order valence-electron chi connectivity index (χ2n) is 6.79. The molecule has 0 aliphatic heterocycles. The molecule has 2 aromatic heterocycles. The number of furan rings is 1. The first-order chi connectivity index (χ1) is 16.0. The predicted octanol–water partition coefficient (Wildman–Crippen LogP) is 3.99. The Hall–Kier alpha value is -4.25. The number of hydrazone groups is 1. The zero-order valence-electron chi connectivity index (χ0n) is 17.4. The molecular formula is C22H18N6O4S. The quantitative estimate of drug-likeness (QED) is 0.181. The van der Waals surface area contributed by atoms with Gasteiger partial charge in [0.1, 0.15) is 17.3 Å². The van der Waals surface area contributed by atoms with E-state index in [1.54, 1.807) is 24.3 Å². The summed E-state index contributed by atoms with van der Waals surface area (Å²) < 4.78 is 7.53. The van der Waals surface area contributed by atoms with Crippen LogP contribution in [0.5, 0.6) is 0 Å². The maximum absolute atomic E-state index is 12.2. The topological polar surface area (TPSA) is 128 Å². The summed E-state index contributed by atoms with van der Waals surface area (Å²) in [5, 5.41) is 23.5. The number of para-hydroxylation sites is 1. The third-order valence-corrected chi connectivity index (χ3v) is 5.44. The van der Waals surface area contributed by atoms with Crippen LogP contribution in [0.4, 0.5) is 5.69 Å². The van der Waals surface area contributed by atoms with Gasteiger partial charge in [-0.2, -0.15) is 5.10 Å². The molecule has 0 unspecified atom stereocenters. The largest absolute Gasteiger partial charge is 0.455 e. The van der Waals surface area contributed by atoms with Gasteiger partial charge in [-0.25, -0.2) is 5.43 Å². The number of benzene rings is 2. The van der Waals surface area contributed by atoms with E-state index >= 15 is 0 Å². The summed E-state index contributed by atoms with van der Waals surface area (Å²) in [6.07, 6.45) is 1.38. The van der Waals surface area contributed by atoms with Crippen LogP contribution in [-0.4, -0.2) is 37.6 Å². The lowest BCUT2D eigenvalue weighted by molar-refractivity contribution is -0.384. The van der Waals surface area contributed by atoms with Crippen LogP contribution in [0.3, 0.4) is 0 Å². The first-order valence-corrected chi connectivity index (χ1v) is 10.8. The van der Waals surface area contributed by atoms with Crippen molar-refractivity contribution in [2.24, 2.45) is 5.10 Å². The van der Waals surface area contributed by atoms with E-state index < -0.39 is 4.92 Å². The van der Waals surface area contributed by atoms with Gasteiger partial charge in [-0.05, 0) is 43.3 Å². The highest BCUT2D eigenvalue weighted by Crippen LogP contribution is 2.24. The lowest BCUT2D eigenvalue weighted by atomic mass is 10.1. The zero-order chi connectivity index (χ0) is 23.2. The van der Waals surface area contributed by atoms with E-state index in [1.165, 1.54) is 30.1 Å². The Morgan fingerprint density at radius 1 is 1.15 bits per heavy atom. The molecular weight excluding hydrogens is 444 g/mol. The number of rotatable bonds is 8. The summed E-state index contributed by atoms with van der Waals surface area (Å²) in [6.45, 7) is 1.85. The molecule has 0 radical (unpaired) electrons. The number of hydrogen-bond donors (Lipinski definition) is 1. The second-order valence-corrected chi connectivity index (χ2v) is 7.73. The number of hydrogen-bond acceptors (Lipinski definition) is 8. The van der Waals surface area contributed by atoms with Crippen molar-refractivity contribution >= 4 is 29.6 Å². The lowest BCUT2D eigenvalue weighted by Crippen LogP contribution is -2.19. The minimum absolute atomic E-state index is 0.00449. The maximum Gasteiger partial charge on any atom is 0.269 e. The summed E-state index contributed by atoms with van der Waals surface area (Å²) in [4.78, 5) is 22.5. The molecule has 0 saturated carbocycles. The monoisotopic (exact) mass is 462 g/mol. The third kappa shape index (κ3) is 5.33. The number of aryl methyl sites for hydroxylation is 1. The maximum atomic E-state index is 12.2. The number of aromatic nitrogens is 3. The van der Waals surface area contributed by atoms with Gasteiger partial charge in [0.25, 0.3) is 11.6 Å². The van der Waals surface area contributed by atoms with Gasteiger partial charge in [-0.1, -0.05) is 30.0 Å². The van der Waals surface area contributed by atoms with Crippen LogP contribution in [0, 0.1) is 17.0 Å². The first kappa shape index (κ1) is 22.0. The van der Waals surface area contributed by atoms with Crippen LogP contribution in [-0.2, 0) is 4.79 Å². The van der Waals surface area contributed by atoms with Crippen molar-refractivity contribution in [3.63, 3.8) is 0 Å². The summed E-state index contributed by atoms with van der Waals surface area (Å²) in [5.41, 5.74) is 4.07. The van der Waals surface area contributed by atoms with E-state index in [-0.39, 0.29) is 17.3 Å². The molecule has 0 aliphatic carbocycles. The zero-order valence-corrected chi connectivity index (χ0v) is 18.2. The Bertz CT molecular complexity index is 1300. The van der Waals surface area contributed by atoms with E-state index in [0.29, 0.717) is 22.2 Å². The number of nitro benzene ring substituents is 1. The van der Waals surface area contributed by atoms with E-state index in [0.717, 1.165) is 11.5 Å². The number of carbonyl (C=O) groups is 1. The van der Waals surface area contributed by atoms with Crippen LogP contribution in [0.15, 0.2) is 81.4 Å². The highest BCUT2D eigenvalue weighted by molar-refractivity contribution is 7.99. The number of non-ortho nitro benzene ring substituents is 1. The Morgan fingerprint density at radius 3 is 2.64 bits per heavy atom. The molecule has 0 atom stereocenters. The van der Waals surface area contributed by atoms with Gasteiger partial charge >= 0.3 is 0 Å². The Balaban J connectivity index is 1.32. The predicted molar refractivity (Wildman–Crippen MR) is 123 cm³/mol. The molecule has 0 saturated heterocycles. The van der Waals surface area contributed by atoms with Crippen molar-refractivity contribution in [3.8, 4) is 17.0 Å². The fourth-order valence-electron chi connectivity index (χ4n) is 2.97. The molecule has 33 heavy (non-hydrogen) atoms. The fourth-order valence-corrected chi connectivity index (χ4v) is 3.76. The van der Waals surface area contributed by atoms with Gasteiger partial charge in [0.15, 0.2) is 5.16 Å². The molecule has 2 heterocycles. The average molecular weight is 462 g/mol. The normalized spacial score (nSPS) is 11.1. The minimum atomic E-state index is -0.461. The summed E-state index contributed by atoms with van der Waals surface area (Å²) in [6, 6.07) is 19.1. The van der Waals surface area contributed by atoms with E-state index in [2.05, 4.69) is 20.7 Å². The highest BCUT2D eigenvalue weighted by atomic mass is 32.2. The molecule has 0 bridgehead atoms. The molecule has 4 aromatic rings. The van der Waals surface area contributed by atoms with Gasteiger partial charge in [-0.15, -0.1) is 10.2 Å². The van der Waals surface area contributed by atoms with E-state index in [9.17, 15) is 14.9 Å². The third-order valence-electron chi connectivity index (χ3n) is 4.51. The molecule has 4 rings (SSSR count). The second kappa shape index (κ2) is 9.92. The summed E-state index contributed by atoms with van der Waals surface area (Å²) in [5.74, 6) is 1.48. The van der Waals surface area contributed by atoms with Crippen molar-refractivity contribution in [3.05, 3.63) is 88.4 Å². The van der Waals surface area contributed by atoms with E-state index in [1.807, 2.05) is 41.8 Å². The molecule has 10 nitrogen and oxygen atoms in total. The van der Waals surface area contributed by atoms with Crippen LogP contribution in [0.2, 0.25) is 0 Å². The van der Waals surface area contributed by atoms with Gasteiger partial charge in [0.2, 0.25) is 0 Å². The summed E-state index contributed by atoms with van der Waals surface area (Å²) >= 11 is 1.25. The SMILES string of the molecule is Cc1nnc(SCC(=O)N/N=C\c2ccc(-c3ccc([N+](=O)[O-])cc3)o2)n1-c1ccccc1. The molecule has 2 aromatic carbocycles. The van der Waals surface area contributed by atoms with Crippen molar-refractivity contribution in [2.75, 3.05) is 5.75 Å². The Kier molecular flexibility index (Phi) is 6.60. The van der Waals surface area contributed by atoms with Gasteiger partial charge < -0.3 is 4.42 Å². The highest BCUT2D eigenvalue weighted by Gasteiger charge is 2.13. The Labute approximate surface area is 192 Å². The fraction of sp³-hybridized carbons (Fsp3) is 0.0909. The molecule has 1 amide bonds. The first-order valence-electron chi connectivity index (χ1n) is 9.78. The van der Waals surface area contributed by atoms with Crippen molar-refractivity contribution in [1.29, 1.82) is 0 Å². The Morgan fingerprint density at radius 2 is 1.91 bits per heavy atom. The van der Waals surface area contributed by atoms with E-state index in [4.69, 9.17) is 4.42 Å². The molecule has 0 fully saturated rings.